The van der Waals surface area contributed by atoms with E-state index < -0.39 is 10.0 Å². The fourth-order valence-corrected chi connectivity index (χ4v) is 6.06. The zero-order chi connectivity index (χ0) is 14.0. The Balaban J connectivity index is 1.96. The molecule has 0 aliphatic heterocycles. The number of aryl methyl sites for hydroxylation is 1. The predicted molar refractivity (Wildman–Crippen MR) is 83.1 cm³/mol. The third kappa shape index (κ3) is 4.03. The fraction of sp³-hybridized carbons (Fsp3) is 0.692. The summed E-state index contributed by atoms with van der Waals surface area (Å²) in [7, 11) is -3.35. The summed E-state index contributed by atoms with van der Waals surface area (Å²) < 4.78 is 28.1. The summed E-state index contributed by atoms with van der Waals surface area (Å²) in [5, 5.41) is 0. The minimum Gasteiger partial charge on any atom is -0.211 e. The van der Waals surface area contributed by atoms with Crippen molar-refractivity contribution >= 4 is 37.3 Å². The van der Waals surface area contributed by atoms with Gasteiger partial charge in [-0.2, -0.15) is 0 Å². The van der Waals surface area contributed by atoms with Crippen molar-refractivity contribution < 1.29 is 8.42 Å². The van der Waals surface area contributed by atoms with Gasteiger partial charge in [0, 0.05) is 11.4 Å². The summed E-state index contributed by atoms with van der Waals surface area (Å²) in [6.45, 7) is 4.68. The van der Waals surface area contributed by atoms with E-state index in [2.05, 4.69) is 27.6 Å². The molecule has 1 N–H and O–H groups in total. The Morgan fingerprint density at radius 3 is 2.53 bits per heavy atom. The summed E-state index contributed by atoms with van der Waals surface area (Å²) in [6.07, 6.45) is 4.71. The molecule has 1 saturated carbocycles. The standard InChI is InChI=1S/C13H20BrNO2S2/c1-9-3-5-11(6-4-9)8-15-19(16,17)12-7-13(14)18-10(12)2/h7,9,11,15H,3-6,8H2,1-2H3. The second-order valence-corrected chi connectivity index (χ2v) is 9.82. The normalized spacial score (nSPS) is 24.6. The lowest BCUT2D eigenvalue weighted by Crippen LogP contribution is -2.31. The molecule has 0 bridgehead atoms. The van der Waals surface area contributed by atoms with E-state index in [0.29, 0.717) is 17.4 Å². The minimum absolute atomic E-state index is 0.411. The van der Waals surface area contributed by atoms with Gasteiger partial charge in [-0.25, -0.2) is 13.1 Å². The summed E-state index contributed by atoms with van der Waals surface area (Å²) in [4.78, 5) is 1.24. The molecule has 1 aromatic heterocycles. The zero-order valence-corrected chi connectivity index (χ0v) is 14.5. The number of thiophene rings is 1. The van der Waals surface area contributed by atoms with E-state index in [9.17, 15) is 8.42 Å². The van der Waals surface area contributed by atoms with Gasteiger partial charge in [0.05, 0.1) is 8.68 Å². The van der Waals surface area contributed by atoms with Gasteiger partial charge in [0.2, 0.25) is 10.0 Å². The molecule has 0 saturated heterocycles. The van der Waals surface area contributed by atoms with Crippen molar-refractivity contribution in [2.24, 2.45) is 11.8 Å². The van der Waals surface area contributed by atoms with E-state index in [0.717, 1.165) is 27.4 Å². The topological polar surface area (TPSA) is 46.2 Å². The highest BCUT2D eigenvalue weighted by Crippen LogP contribution is 2.31. The molecule has 19 heavy (non-hydrogen) atoms. The van der Waals surface area contributed by atoms with Crippen LogP contribution in [0, 0.1) is 18.8 Å². The van der Waals surface area contributed by atoms with Crippen LogP contribution >= 0.6 is 27.3 Å². The van der Waals surface area contributed by atoms with Crippen molar-refractivity contribution in [3.05, 3.63) is 14.7 Å². The Hall–Kier alpha value is 0.0900. The van der Waals surface area contributed by atoms with Crippen molar-refractivity contribution in [1.29, 1.82) is 0 Å². The van der Waals surface area contributed by atoms with Crippen molar-refractivity contribution in [2.45, 2.75) is 44.4 Å². The predicted octanol–water partition coefficient (Wildman–Crippen LogP) is 3.92. The molecule has 1 heterocycles. The number of hydrogen-bond donors (Lipinski definition) is 1. The van der Waals surface area contributed by atoms with E-state index in [4.69, 9.17) is 0 Å². The molecular formula is C13H20BrNO2S2. The molecule has 0 radical (unpaired) electrons. The molecule has 1 fully saturated rings. The summed E-state index contributed by atoms with van der Waals surface area (Å²) in [5.74, 6) is 1.29. The van der Waals surface area contributed by atoms with Gasteiger partial charge >= 0.3 is 0 Å². The number of nitrogens with one attached hydrogen (secondary N) is 1. The fourth-order valence-electron chi connectivity index (χ4n) is 2.54. The Kier molecular flexibility index (Phi) is 5.09. The highest BCUT2D eigenvalue weighted by atomic mass is 79.9. The van der Waals surface area contributed by atoms with Crippen molar-refractivity contribution in [2.75, 3.05) is 6.54 Å². The molecule has 1 aromatic rings. The van der Waals surface area contributed by atoms with Crippen LogP contribution in [0.1, 0.15) is 37.5 Å². The number of rotatable bonds is 4. The monoisotopic (exact) mass is 365 g/mol. The van der Waals surface area contributed by atoms with Crippen molar-refractivity contribution in [3.63, 3.8) is 0 Å². The SMILES string of the molecule is Cc1sc(Br)cc1S(=O)(=O)NCC1CCC(C)CC1. The number of sulfonamides is 1. The summed E-state index contributed by atoms with van der Waals surface area (Å²) >= 11 is 4.79. The smallest absolute Gasteiger partial charge is 0.211 e. The van der Waals surface area contributed by atoms with Crippen LogP contribution in [0.2, 0.25) is 0 Å². The molecule has 0 aromatic carbocycles. The van der Waals surface area contributed by atoms with Crippen LogP contribution in [0.5, 0.6) is 0 Å². The van der Waals surface area contributed by atoms with Crippen molar-refractivity contribution in [3.8, 4) is 0 Å². The van der Waals surface area contributed by atoms with Crippen molar-refractivity contribution in [1.82, 2.24) is 4.72 Å². The Bertz CT molecular complexity index is 531. The number of halogens is 1. The van der Waals surface area contributed by atoms with E-state index in [1.807, 2.05) is 6.92 Å². The molecule has 6 heteroatoms. The van der Waals surface area contributed by atoms with E-state index in [1.165, 1.54) is 24.2 Å². The molecule has 0 atom stereocenters. The Morgan fingerprint density at radius 2 is 2.00 bits per heavy atom. The first kappa shape index (κ1) is 15.5. The van der Waals surface area contributed by atoms with Gasteiger partial charge < -0.3 is 0 Å². The van der Waals surface area contributed by atoms with Gasteiger partial charge in [0.15, 0.2) is 0 Å². The lowest BCUT2D eigenvalue weighted by Gasteiger charge is -2.26. The van der Waals surface area contributed by atoms with Gasteiger partial charge in [0.1, 0.15) is 0 Å². The first-order chi connectivity index (χ1) is 8.88. The third-order valence-electron chi connectivity index (χ3n) is 3.83. The molecular weight excluding hydrogens is 346 g/mol. The quantitative estimate of drug-likeness (QED) is 0.878. The van der Waals surface area contributed by atoms with Gasteiger partial charge in [-0.15, -0.1) is 11.3 Å². The van der Waals surface area contributed by atoms with Gasteiger partial charge in [-0.3, -0.25) is 0 Å². The third-order valence-corrected chi connectivity index (χ3v) is 7.06. The number of hydrogen-bond acceptors (Lipinski definition) is 3. The second-order valence-electron chi connectivity index (χ2n) is 5.45. The maximum Gasteiger partial charge on any atom is 0.241 e. The van der Waals surface area contributed by atoms with Crippen LogP contribution in [0.4, 0.5) is 0 Å². The molecule has 3 nitrogen and oxygen atoms in total. The molecule has 108 valence electrons. The highest BCUT2D eigenvalue weighted by Gasteiger charge is 2.23. The van der Waals surface area contributed by atoms with Gasteiger partial charge in [-0.1, -0.05) is 19.8 Å². The first-order valence-corrected chi connectivity index (χ1v) is 9.73. The van der Waals surface area contributed by atoms with E-state index in [1.54, 1.807) is 6.07 Å². The molecule has 2 rings (SSSR count). The molecule has 1 aliphatic carbocycles. The van der Waals surface area contributed by atoms with E-state index >= 15 is 0 Å². The highest BCUT2D eigenvalue weighted by molar-refractivity contribution is 9.11. The lowest BCUT2D eigenvalue weighted by molar-refractivity contribution is 0.290. The second kappa shape index (κ2) is 6.24. The summed E-state index contributed by atoms with van der Waals surface area (Å²) in [6, 6.07) is 1.69. The lowest BCUT2D eigenvalue weighted by atomic mass is 9.83. The summed E-state index contributed by atoms with van der Waals surface area (Å²) in [5.41, 5.74) is 0. The largest absolute Gasteiger partial charge is 0.241 e. The van der Waals surface area contributed by atoms with E-state index in [-0.39, 0.29) is 0 Å². The van der Waals surface area contributed by atoms with Crippen LogP contribution in [-0.2, 0) is 10.0 Å². The molecule has 0 unspecified atom stereocenters. The van der Waals surface area contributed by atoms with Gasteiger partial charge in [-0.05, 0) is 53.6 Å². The van der Waals surface area contributed by atoms with Crippen LogP contribution in [0.15, 0.2) is 14.7 Å². The average Bonchev–Trinajstić information content (AvgIpc) is 2.69. The maximum absolute atomic E-state index is 12.2. The Labute approximate surface area is 128 Å². The molecule has 1 aliphatic rings. The Morgan fingerprint density at radius 1 is 1.37 bits per heavy atom. The minimum atomic E-state index is -3.35. The molecule has 0 amide bonds. The van der Waals surface area contributed by atoms with Crippen LogP contribution < -0.4 is 4.72 Å². The average molecular weight is 366 g/mol. The van der Waals surface area contributed by atoms with Gasteiger partial charge in [0.25, 0.3) is 0 Å². The van der Waals surface area contributed by atoms with Crippen LogP contribution in [-0.4, -0.2) is 15.0 Å². The van der Waals surface area contributed by atoms with Crippen LogP contribution in [0.25, 0.3) is 0 Å². The first-order valence-electron chi connectivity index (χ1n) is 6.64. The molecule has 0 spiro atoms. The zero-order valence-electron chi connectivity index (χ0n) is 11.3. The maximum atomic E-state index is 12.2. The van der Waals surface area contributed by atoms with Crippen LogP contribution in [0.3, 0.4) is 0 Å².